The number of benzene rings is 1. The first kappa shape index (κ1) is 16.2. The van der Waals surface area contributed by atoms with Crippen LogP contribution in [0.5, 0.6) is 0 Å². The highest BCUT2D eigenvalue weighted by Gasteiger charge is 2.30. The molecule has 1 aliphatic rings. The van der Waals surface area contributed by atoms with Gasteiger partial charge in [0.15, 0.2) is 0 Å². The van der Waals surface area contributed by atoms with Crippen LogP contribution in [0.4, 0.5) is 0 Å². The number of hydrogen-bond donors (Lipinski definition) is 2. The number of aliphatic carboxylic acids is 1. The lowest BCUT2D eigenvalue weighted by atomic mass is 10.1. The summed E-state index contributed by atoms with van der Waals surface area (Å²) >= 11 is 0. The van der Waals surface area contributed by atoms with E-state index in [4.69, 9.17) is 5.11 Å². The van der Waals surface area contributed by atoms with Crippen LogP contribution >= 0.6 is 0 Å². The smallest absolute Gasteiger partial charge is 0.306 e. The summed E-state index contributed by atoms with van der Waals surface area (Å²) < 4.78 is 1.43. The van der Waals surface area contributed by atoms with Gasteiger partial charge in [-0.2, -0.15) is 0 Å². The van der Waals surface area contributed by atoms with E-state index >= 15 is 0 Å². The molecule has 1 amide bonds. The third-order valence-electron chi connectivity index (χ3n) is 4.46. The second kappa shape index (κ2) is 6.82. The number of carbonyl (C=O) groups is 2. The number of carbonyl (C=O) groups excluding carboxylic acids is 1. The molecule has 0 spiro atoms. The van der Waals surface area contributed by atoms with Crippen LogP contribution in [0.1, 0.15) is 25.7 Å². The van der Waals surface area contributed by atoms with Crippen LogP contribution in [0, 0.1) is 5.92 Å². The molecule has 0 bridgehead atoms. The molecule has 24 heavy (non-hydrogen) atoms. The van der Waals surface area contributed by atoms with Crippen molar-refractivity contribution in [3.63, 3.8) is 0 Å². The highest BCUT2D eigenvalue weighted by Crippen LogP contribution is 2.25. The summed E-state index contributed by atoms with van der Waals surface area (Å²) in [6, 6.07) is 6.99. The quantitative estimate of drug-likeness (QED) is 0.857. The van der Waals surface area contributed by atoms with Crippen molar-refractivity contribution >= 4 is 22.8 Å². The molecule has 2 atom stereocenters. The van der Waals surface area contributed by atoms with Gasteiger partial charge < -0.3 is 10.4 Å². The molecule has 1 aliphatic carbocycles. The molecule has 7 heteroatoms. The fourth-order valence-corrected chi connectivity index (χ4v) is 3.12. The van der Waals surface area contributed by atoms with Gasteiger partial charge in [0.1, 0.15) is 0 Å². The Morgan fingerprint density at radius 3 is 2.83 bits per heavy atom. The lowest BCUT2D eigenvalue weighted by molar-refractivity contribution is -0.141. The predicted octanol–water partition coefficient (Wildman–Crippen LogP) is 1.16. The van der Waals surface area contributed by atoms with Crippen LogP contribution in [-0.2, 0) is 16.1 Å². The molecule has 0 radical (unpaired) electrons. The molecule has 2 N–H and O–H groups in total. The lowest BCUT2D eigenvalue weighted by Gasteiger charge is -2.13. The first-order valence-corrected chi connectivity index (χ1v) is 8.01. The average Bonchev–Trinajstić information content (AvgIpc) is 3.03. The maximum Gasteiger partial charge on any atom is 0.306 e. The Labute approximate surface area is 138 Å². The van der Waals surface area contributed by atoms with E-state index in [0.29, 0.717) is 30.2 Å². The van der Waals surface area contributed by atoms with Crippen LogP contribution in [0.25, 0.3) is 10.9 Å². The molecule has 0 aliphatic heterocycles. The van der Waals surface area contributed by atoms with Crippen molar-refractivity contribution in [1.82, 2.24) is 14.9 Å². The van der Waals surface area contributed by atoms with Crippen molar-refractivity contribution in [3.8, 4) is 0 Å². The van der Waals surface area contributed by atoms with Crippen molar-refractivity contribution in [2.45, 2.75) is 38.3 Å². The Bertz CT molecular complexity index is 830. The third-order valence-corrected chi connectivity index (χ3v) is 4.46. The number of rotatable bonds is 5. The normalized spacial score (nSPS) is 20.2. The van der Waals surface area contributed by atoms with E-state index in [0.717, 1.165) is 0 Å². The van der Waals surface area contributed by atoms with E-state index in [1.807, 2.05) is 6.07 Å². The zero-order valence-electron chi connectivity index (χ0n) is 13.1. The number of aryl methyl sites for hydroxylation is 1. The fraction of sp³-hybridized carbons (Fsp3) is 0.412. The van der Waals surface area contributed by atoms with Gasteiger partial charge in [-0.25, -0.2) is 4.98 Å². The lowest BCUT2D eigenvalue weighted by Crippen LogP contribution is -2.34. The average molecular weight is 329 g/mol. The molecule has 2 aromatic rings. The van der Waals surface area contributed by atoms with Crippen molar-refractivity contribution in [2.75, 3.05) is 0 Å². The summed E-state index contributed by atoms with van der Waals surface area (Å²) in [5, 5.41) is 12.4. The van der Waals surface area contributed by atoms with Crippen molar-refractivity contribution < 1.29 is 14.7 Å². The molecule has 3 rings (SSSR count). The van der Waals surface area contributed by atoms with Gasteiger partial charge in [-0.3, -0.25) is 19.0 Å². The highest BCUT2D eigenvalue weighted by atomic mass is 16.4. The standard InChI is InChI=1S/C17H19N3O4/c21-15(19-12-6-5-11(9-12)17(23)24)7-8-20-10-18-14-4-2-1-3-13(14)16(20)22/h1-4,10-12H,5-9H2,(H,19,21)(H,23,24)/t11-,12+/m1/s1. The van der Waals surface area contributed by atoms with Gasteiger partial charge in [0, 0.05) is 19.0 Å². The van der Waals surface area contributed by atoms with Crippen LogP contribution in [0.3, 0.4) is 0 Å². The highest BCUT2D eigenvalue weighted by molar-refractivity contribution is 5.78. The Morgan fingerprint density at radius 2 is 2.08 bits per heavy atom. The molecule has 1 fully saturated rings. The van der Waals surface area contributed by atoms with Crippen molar-refractivity contribution in [1.29, 1.82) is 0 Å². The van der Waals surface area contributed by atoms with E-state index in [1.165, 1.54) is 10.9 Å². The van der Waals surface area contributed by atoms with Gasteiger partial charge in [0.25, 0.3) is 5.56 Å². The third kappa shape index (κ3) is 3.45. The van der Waals surface area contributed by atoms with Gasteiger partial charge in [-0.15, -0.1) is 0 Å². The minimum absolute atomic E-state index is 0.0925. The minimum atomic E-state index is -0.805. The molecule has 7 nitrogen and oxygen atoms in total. The number of nitrogens with one attached hydrogen (secondary N) is 1. The zero-order valence-corrected chi connectivity index (χ0v) is 13.1. The zero-order chi connectivity index (χ0) is 17.1. The number of carboxylic acids is 1. The molecule has 0 unspecified atom stereocenters. The van der Waals surface area contributed by atoms with Gasteiger partial charge in [-0.05, 0) is 31.4 Å². The summed E-state index contributed by atoms with van der Waals surface area (Å²) in [4.78, 5) is 39.5. The monoisotopic (exact) mass is 329 g/mol. The van der Waals surface area contributed by atoms with E-state index in [1.54, 1.807) is 18.2 Å². The van der Waals surface area contributed by atoms with Crippen LogP contribution in [0.2, 0.25) is 0 Å². The summed E-state index contributed by atoms with van der Waals surface area (Å²) in [5.41, 5.74) is 0.467. The second-order valence-electron chi connectivity index (χ2n) is 6.12. The minimum Gasteiger partial charge on any atom is -0.481 e. The van der Waals surface area contributed by atoms with E-state index < -0.39 is 5.97 Å². The number of carboxylic acid groups (broad SMARTS) is 1. The largest absolute Gasteiger partial charge is 0.481 e. The number of amides is 1. The SMILES string of the molecule is O=C(CCn1cnc2ccccc2c1=O)N[C@H]1CC[C@@H](C(=O)O)C1. The molecule has 0 saturated heterocycles. The maximum atomic E-state index is 12.3. The first-order valence-electron chi connectivity index (χ1n) is 8.01. The molecular weight excluding hydrogens is 310 g/mol. The molecule has 1 aromatic heterocycles. The Balaban J connectivity index is 1.58. The van der Waals surface area contributed by atoms with Gasteiger partial charge in [0.05, 0.1) is 23.1 Å². The summed E-state index contributed by atoms with van der Waals surface area (Å²) in [5.74, 6) is -1.35. The van der Waals surface area contributed by atoms with Crippen molar-refractivity contribution in [2.24, 2.45) is 5.92 Å². The van der Waals surface area contributed by atoms with Crippen LogP contribution in [-0.4, -0.2) is 32.6 Å². The molecular formula is C17H19N3O4. The van der Waals surface area contributed by atoms with E-state index in [2.05, 4.69) is 10.3 Å². The van der Waals surface area contributed by atoms with E-state index in [9.17, 15) is 14.4 Å². The summed E-state index contributed by atoms with van der Waals surface area (Å²) in [7, 11) is 0. The fourth-order valence-electron chi connectivity index (χ4n) is 3.12. The van der Waals surface area contributed by atoms with E-state index in [-0.39, 0.29) is 36.4 Å². The summed E-state index contributed by atoms with van der Waals surface area (Å²) in [6.07, 6.45) is 3.36. The van der Waals surface area contributed by atoms with Crippen LogP contribution < -0.4 is 10.9 Å². The molecule has 1 aromatic carbocycles. The predicted molar refractivity (Wildman–Crippen MR) is 87.5 cm³/mol. The molecule has 1 heterocycles. The van der Waals surface area contributed by atoms with Gasteiger partial charge >= 0.3 is 5.97 Å². The number of hydrogen-bond acceptors (Lipinski definition) is 4. The van der Waals surface area contributed by atoms with Gasteiger partial charge in [-0.1, -0.05) is 12.1 Å². The number of fused-ring (bicyclic) bond motifs is 1. The number of nitrogens with zero attached hydrogens (tertiary/aromatic N) is 2. The Kier molecular flexibility index (Phi) is 4.59. The number of aromatic nitrogens is 2. The summed E-state index contributed by atoms with van der Waals surface area (Å²) in [6.45, 7) is 0.248. The molecule has 1 saturated carbocycles. The second-order valence-corrected chi connectivity index (χ2v) is 6.12. The van der Waals surface area contributed by atoms with Gasteiger partial charge in [0.2, 0.25) is 5.91 Å². The Morgan fingerprint density at radius 1 is 1.29 bits per heavy atom. The number of para-hydroxylation sites is 1. The van der Waals surface area contributed by atoms with Crippen molar-refractivity contribution in [3.05, 3.63) is 40.9 Å². The van der Waals surface area contributed by atoms with Crippen LogP contribution in [0.15, 0.2) is 35.4 Å². The Hall–Kier alpha value is -2.70. The first-order chi connectivity index (χ1) is 11.5. The maximum absolute atomic E-state index is 12.3. The topological polar surface area (TPSA) is 101 Å². The molecule has 126 valence electrons.